The summed E-state index contributed by atoms with van der Waals surface area (Å²) in [7, 11) is 0. The van der Waals surface area contributed by atoms with Crippen molar-refractivity contribution in [2.24, 2.45) is 0 Å². The summed E-state index contributed by atoms with van der Waals surface area (Å²) in [4.78, 5) is 0. The van der Waals surface area contributed by atoms with Crippen LogP contribution in [0, 0.1) is 0 Å². The molecule has 2 heteroatoms. The van der Waals surface area contributed by atoms with Crippen LogP contribution in [-0.2, 0) is 0 Å². The highest BCUT2D eigenvalue weighted by molar-refractivity contribution is 6.26. The van der Waals surface area contributed by atoms with Gasteiger partial charge in [0.1, 0.15) is 22.3 Å². The predicted octanol–water partition coefficient (Wildman–Crippen LogP) is 17.2. The van der Waals surface area contributed by atoms with Crippen LogP contribution in [0.1, 0.15) is 12.5 Å². The number of fused-ring (bicyclic) bond motifs is 10. The van der Waals surface area contributed by atoms with Crippen LogP contribution in [0.15, 0.2) is 216 Å². The second kappa shape index (κ2) is 13.8. The number of hydrogen-bond acceptors (Lipinski definition) is 2. The molecule has 0 aliphatic heterocycles. The van der Waals surface area contributed by atoms with E-state index in [9.17, 15) is 0 Å². The molecule has 0 spiro atoms. The molecule has 12 aromatic rings. The Morgan fingerprint density at radius 1 is 0.410 bits per heavy atom. The van der Waals surface area contributed by atoms with E-state index in [0.717, 1.165) is 60.6 Å². The standard InChI is InChI=1S/C59H38O2/c1-3-16-36(17-4-2)55-44-23-9-11-25-46(44)58(47-26-12-10-24-45(47)55)49-27-15-29-53-59(49)48-32-30-38(35-54(48)61-53)57-42-21-7-5-19-40(42)56(41-20-6-8-22-43(41)57)37-31-33-52-50(34-37)39-18-13-14-28-51(39)60-52/h3-35H,1H2,2H3/b17-4-,36-16+. The Hall–Kier alpha value is -7.94. The first-order chi connectivity index (χ1) is 30.2. The fourth-order valence-electron chi connectivity index (χ4n) is 10.1. The summed E-state index contributed by atoms with van der Waals surface area (Å²) < 4.78 is 13.1. The van der Waals surface area contributed by atoms with Crippen LogP contribution in [-0.4, -0.2) is 0 Å². The van der Waals surface area contributed by atoms with E-state index >= 15 is 0 Å². The first-order valence-electron chi connectivity index (χ1n) is 20.9. The Morgan fingerprint density at radius 2 is 0.902 bits per heavy atom. The van der Waals surface area contributed by atoms with Gasteiger partial charge in [0.2, 0.25) is 0 Å². The topological polar surface area (TPSA) is 26.3 Å². The summed E-state index contributed by atoms with van der Waals surface area (Å²) in [5.74, 6) is 0. The van der Waals surface area contributed by atoms with Crippen molar-refractivity contribution in [3.05, 3.63) is 212 Å². The van der Waals surface area contributed by atoms with E-state index in [0.29, 0.717) is 0 Å². The van der Waals surface area contributed by atoms with Crippen molar-refractivity contribution in [1.82, 2.24) is 0 Å². The molecule has 0 aliphatic rings. The van der Waals surface area contributed by atoms with Gasteiger partial charge < -0.3 is 8.83 Å². The number of para-hydroxylation sites is 1. The van der Waals surface area contributed by atoms with Gasteiger partial charge in [-0.1, -0.05) is 170 Å². The third kappa shape index (κ3) is 5.29. The van der Waals surface area contributed by atoms with Gasteiger partial charge in [0, 0.05) is 21.5 Å². The van der Waals surface area contributed by atoms with Gasteiger partial charge in [-0.3, -0.25) is 0 Å². The highest BCUT2D eigenvalue weighted by Crippen LogP contribution is 2.48. The lowest BCUT2D eigenvalue weighted by atomic mass is 9.84. The van der Waals surface area contributed by atoms with Gasteiger partial charge in [-0.15, -0.1) is 0 Å². The zero-order valence-electron chi connectivity index (χ0n) is 33.6. The Labute approximate surface area is 352 Å². The fraction of sp³-hybridized carbons (Fsp3) is 0.0169. The highest BCUT2D eigenvalue weighted by Gasteiger charge is 2.22. The van der Waals surface area contributed by atoms with Crippen LogP contribution in [0.25, 0.3) is 126 Å². The van der Waals surface area contributed by atoms with Crippen LogP contribution in [0.4, 0.5) is 0 Å². The molecule has 0 saturated heterocycles. The minimum atomic E-state index is 0.865. The smallest absolute Gasteiger partial charge is 0.136 e. The van der Waals surface area contributed by atoms with E-state index in [2.05, 4.69) is 196 Å². The molecule has 0 fully saturated rings. The van der Waals surface area contributed by atoms with E-state index in [1.54, 1.807) is 0 Å². The van der Waals surface area contributed by atoms with E-state index in [4.69, 9.17) is 8.83 Å². The number of furan rings is 2. The zero-order valence-corrected chi connectivity index (χ0v) is 33.6. The Balaban J connectivity index is 1.09. The van der Waals surface area contributed by atoms with E-state index in [1.807, 2.05) is 18.2 Å². The Morgan fingerprint density at radius 3 is 1.51 bits per heavy atom. The summed E-state index contributed by atoms with van der Waals surface area (Å²) in [6.45, 7) is 6.12. The maximum absolute atomic E-state index is 6.87. The SMILES string of the molecule is C=C/C=C(\C=C/C)c1c2ccccc2c(-c2cccc3oc4cc(-c5c6ccccc6c(-c6ccc7oc8ccccc8c7c6)c6ccccc56)ccc4c23)c2ccccc12. The van der Waals surface area contributed by atoms with Crippen LogP contribution in [0.2, 0.25) is 0 Å². The Bertz CT molecular complexity index is 3730. The molecular formula is C59H38O2. The van der Waals surface area contributed by atoms with Crippen molar-refractivity contribution in [2.45, 2.75) is 6.92 Å². The predicted molar refractivity (Wildman–Crippen MR) is 260 cm³/mol. The summed E-state index contributed by atoms with van der Waals surface area (Å²) in [6, 6.07) is 63.5. The maximum Gasteiger partial charge on any atom is 0.136 e. The maximum atomic E-state index is 6.87. The molecule has 2 aromatic heterocycles. The zero-order chi connectivity index (χ0) is 40.6. The molecule has 0 radical (unpaired) electrons. The first-order valence-corrected chi connectivity index (χ1v) is 20.9. The van der Waals surface area contributed by atoms with Gasteiger partial charge in [0.05, 0.1) is 0 Å². The molecule has 0 atom stereocenters. The monoisotopic (exact) mass is 778 g/mol. The fourth-order valence-corrected chi connectivity index (χ4v) is 10.1. The molecule has 0 bridgehead atoms. The van der Waals surface area contributed by atoms with Crippen LogP contribution in [0.3, 0.4) is 0 Å². The third-order valence-corrected chi connectivity index (χ3v) is 12.5. The van der Waals surface area contributed by atoms with Crippen molar-refractivity contribution in [1.29, 1.82) is 0 Å². The van der Waals surface area contributed by atoms with Crippen molar-refractivity contribution in [3.63, 3.8) is 0 Å². The molecule has 10 aromatic carbocycles. The molecule has 0 amide bonds. The largest absolute Gasteiger partial charge is 0.456 e. The Kier molecular flexibility index (Phi) is 7.95. The molecule has 0 saturated carbocycles. The van der Waals surface area contributed by atoms with Crippen LogP contribution < -0.4 is 0 Å². The second-order valence-corrected chi connectivity index (χ2v) is 15.8. The van der Waals surface area contributed by atoms with Crippen molar-refractivity contribution < 1.29 is 8.83 Å². The van der Waals surface area contributed by atoms with Gasteiger partial charge in [-0.2, -0.15) is 0 Å². The molecule has 61 heavy (non-hydrogen) atoms. The summed E-state index contributed by atoms with van der Waals surface area (Å²) >= 11 is 0. The summed E-state index contributed by atoms with van der Waals surface area (Å²) in [5, 5.41) is 14.1. The molecule has 286 valence electrons. The van der Waals surface area contributed by atoms with Gasteiger partial charge in [-0.05, 0) is 131 Å². The molecule has 0 unspecified atom stereocenters. The van der Waals surface area contributed by atoms with Gasteiger partial charge in [-0.25, -0.2) is 0 Å². The normalized spacial score (nSPS) is 12.4. The number of rotatable bonds is 6. The van der Waals surface area contributed by atoms with Gasteiger partial charge in [0.25, 0.3) is 0 Å². The lowest BCUT2D eigenvalue weighted by Gasteiger charge is -2.18. The van der Waals surface area contributed by atoms with E-state index in [-0.39, 0.29) is 0 Å². The first kappa shape index (κ1) is 35.0. The average Bonchev–Trinajstić information content (AvgIpc) is 3.88. The number of hydrogen-bond donors (Lipinski definition) is 0. The molecule has 2 heterocycles. The lowest BCUT2D eigenvalue weighted by Crippen LogP contribution is -1.93. The number of allylic oxidation sites excluding steroid dienone is 5. The molecule has 2 nitrogen and oxygen atoms in total. The lowest BCUT2D eigenvalue weighted by molar-refractivity contribution is 0.668. The second-order valence-electron chi connectivity index (χ2n) is 15.8. The van der Waals surface area contributed by atoms with Crippen LogP contribution in [0.5, 0.6) is 0 Å². The third-order valence-electron chi connectivity index (χ3n) is 12.5. The highest BCUT2D eigenvalue weighted by atomic mass is 16.3. The molecule has 0 aliphatic carbocycles. The van der Waals surface area contributed by atoms with Crippen molar-refractivity contribution >= 4 is 92.5 Å². The summed E-state index contributed by atoms with van der Waals surface area (Å²) in [5.41, 5.74) is 13.0. The van der Waals surface area contributed by atoms with E-state index in [1.165, 1.54) is 70.9 Å². The molecule has 0 N–H and O–H groups in total. The van der Waals surface area contributed by atoms with Crippen molar-refractivity contribution in [2.75, 3.05) is 0 Å². The average molecular weight is 779 g/mol. The summed E-state index contributed by atoms with van der Waals surface area (Å²) in [6.07, 6.45) is 8.27. The molecular weight excluding hydrogens is 741 g/mol. The van der Waals surface area contributed by atoms with Crippen LogP contribution >= 0.6 is 0 Å². The van der Waals surface area contributed by atoms with E-state index < -0.39 is 0 Å². The van der Waals surface area contributed by atoms with Gasteiger partial charge >= 0.3 is 0 Å². The van der Waals surface area contributed by atoms with Gasteiger partial charge in [0.15, 0.2) is 0 Å². The minimum Gasteiger partial charge on any atom is -0.456 e. The molecule has 12 rings (SSSR count). The van der Waals surface area contributed by atoms with Crippen molar-refractivity contribution in [3.8, 4) is 33.4 Å². The minimum absolute atomic E-state index is 0.865. The quantitative estimate of drug-likeness (QED) is 0.124. The number of benzene rings is 10.